The molecule has 1 unspecified atom stereocenters. The average Bonchev–Trinajstić information content (AvgIpc) is 3.99. The second-order valence-electron chi connectivity index (χ2n) is 17.2. The molecule has 1 spiro atoms. The molecule has 0 radical (unpaired) electrons. The summed E-state index contributed by atoms with van der Waals surface area (Å²) in [4.78, 5) is 2.42. The zero-order valence-electron chi connectivity index (χ0n) is 34.9. The van der Waals surface area contributed by atoms with Crippen LogP contribution in [-0.4, -0.2) is 9.13 Å². The van der Waals surface area contributed by atoms with Crippen LogP contribution < -0.4 is 4.90 Å². The molecular formula is C61H39N3. The zero-order chi connectivity index (χ0) is 41.9. The van der Waals surface area contributed by atoms with E-state index in [4.69, 9.17) is 0 Å². The number of nitrogens with zero attached hydrogens (tertiary/aromatic N) is 3. The van der Waals surface area contributed by atoms with Crippen molar-refractivity contribution in [3.63, 3.8) is 0 Å². The lowest BCUT2D eigenvalue weighted by molar-refractivity contribution is 0.749. The lowest BCUT2D eigenvalue weighted by Gasteiger charge is -2.40. The standard InChI is InChI=1S/C61H39N3/c1-4-18-40(19-5-1)41-32-34-44(35-33-41)62(42-20-6-2-7-21-42)45-36-37-47-46-24-10-13-27-51(46)61(53(47)38-45)52-28-14-17-31-57(52)64-56-30-16-12-26-49(56)58-59-50(39-54(61)60(58)64)48-25-11-15-29-55(48)63(59)43-22-8-3-9-23-43/h1-39H. The highest BCUT2D eigenvalue weighted by Gasteiger charge is 2.51. The molecule has 3 heterocycles. The van der Waals surface area contributed by atoms with Crippen molar-refractivity contribution in [3.05, 3.63) is 259 Å². The van der Waals surface area contributed by atoms with Gasteiger partial charge < -0.3 is 14.0 Å². The highest BCUT2D eigenvalue weighted by Crippen LogP contribution is 2.63. The summed E-state index contributed by atoms with van der Waals surface area (Å²) in [7, 11) is 0. The van der Waals surface area contributed by atoms with Crippen LogP contribution in [0.4, 0.5) is 17.1 Å². The summed E-state index contributed by atoms with van der Waals surface area (Å²) < 4.78 is 5.07. The van der Waals surface area contributed by atoms with Gasteiger partial charge in [-0.25, -0.2) is 0 Å². The first kappa shape index (κ1) is 35.2. The number of anilines is 3. The Morgan fingerprint density at radius 1 is 0.328 bits per heavy atom. The molecule has 3 heteroatoms. The molecule has 0 fully saturated rings. The molecule has 2 aromatic heterocycles. The van der Waals surface area contributed by atoms with Crippen molar-refractivity contribution in [2.75, 3.05) is 4.90 Å². The van der Waals surface area contributed by atoms with Crippen LogP contribution in [0, 0.1) is 0 Å². The zero-order valence-corrected chi connectivity index (χ0v) is 34.9. The van der Waals surface area contributed by atoms with E-state index in [9.17, 15) is 0 Å². The molecule has 64 heavy (non-hydrogen) atoms. The third-order valence-corrected chi connectivity index (χ3v) is 14.1. The van der Waals surface area contributed by atoms with Gasteiger partial charge in [-0.05, 0) is 117 Å². The van der Waals surface area contributed by atoms with E-state index in [0.717, 1.165) is 22.7 Å². The molecule has 2 aliphatic rings. The Kier molecular flexibility index (Phi) is 7.32. The molecule has 3 nitrogen and oxygen atoms in total. The number of aromatic nitrogens is 2. The number of hydrogen-bond donors (Lipinski definition) is 0. The summed E-state index contributed by atoms with van der Waals surface area (Å²) in [5.74, 6) is 0. The van der Waals surface area contributed by atoms with E-state index in [-0.39, 0.29) is 0 Å². The Morgan fingerprint density at radius 3 is 1.67 bits per heavy atom. The maximum atomic E-state index is 2.57. The lowest BCUT2D eigenvalue weighted by atomic mass is 9.65. The molecule has 0 saturated heterocycles. The molecule has 10 aromatic carbocycles. The van der Waals surface area contributed by atoms with Crippen LogP contribution in [-0.2, 0) is 5.41 Å². The van der Waals surface area contributed by atoms with Crippen molar-refractivity contribution in [1.82, 2.24) is 9.13 Å². The van der Waals surface area contributed by atoms with Crippen LogP contribution in [0.25, 0.3) is 77.2 Å². The first-order chi connectivity index (χ1) is 31.8. The van der Waals surface area contributed by atoms with Gasteiger partial charge in [0.2, 0.25) is 0 Å². The molecule has 0 bridgehead atoms. The Labute approximate surface area is 371 Å². The summed E-state index contributed by atoms with van der Waals surface area (Å²) >= 11 is 0. The Bertz CT molecular complexity index is 3820. The fourth-order valence-electron chi connectivity index (χ4n) is 11.6. The largest absolute Gasteiger partial charge is 0.310 e. The first-order valence-electron chi connectivity index (χ1n) is 22.2. The number of para-hydroxylation sites is 5. The molecule has 14 rings (SSSR count). The first-order valence-corrected chi connectivity index (χ1v) is 22.2. The Balaban J connectivity index is 1.12. The van der Waals surface area contributed by atoms with Crippen LogP contribution in [0.3, 0.4) is 0 Å². The van der Waals surface area contributed by atoms with E-state index in [0.29, 0.717) is 0 Å². The van der Waals surface area contributed by atoms with Crippen molar-refractivity contribution in [1.29, 1.82) is 0 Å². The molecule has 0 N–H and O–H groups in total. The van der Waals surface area contributed by atoms with Gasteiger partial charge in [-0.1, -0.05) is 164 Å². The lowest BCUT2D eigenvalue weighted by Crippen LogP contribution is -2.33. The van der Waals surface area contributed by atoms with Gasteiger partial charge in [0.25, 0.3) is 0 Å². The molecule has 12 aromatic rings. The van der Waals surface area contributed by atoms with Gasteiger partial charge in [0.15, 0.2) is 0 Å². The number of rotatable bonds is 5. The van der Waals surface area contributed by atoms with Gasteiger partial charge in [-0.15, -0.1) is 0 Å². The summed E-state index contributed by atoms with van der Waals surface area (Å²) in [5, 5.41) is 5.05. The fourth-order valence-corrected chi connectivity index (χ4v) is 11.6. The summed E-state index contributed by atoms with van der Waals surface area (Å²) in [5.41, 5.74) is 20.2. The Hall–Kier alpha value is -8.40. The normalized spacial score (nSPS) is 14.6. The topological polar surface area (TPSA) is 13.1 Å². The average molecular weight is 814 g/mol. The van der Waals surface area contributed by atoms with Gasteiger partial charge in [0, 0.05) is 44.3 Å². The highest BCUT2D eigenvalue weighted by molar-refractivity contribution is 6.28. The van der Waals surface area contributed by atoms with E-state index < -0.39 is 5.41 Å². The predicted molar refractivity (Wildman–Crippen MR) is 266 cm³/mol. The van der Waals surface area contributed by atoms with E-state index in [1.807, 2.05) is 0 Å². The third-order valence-electron chi connectivity index (χ3n) is 14.1. The van der Waals surface area contributed by atoms with E-state index in [1.54, 1.807) is 0 Å². The van der Waals surface area contributed by atoms with Crippen LogP contribution in [0.15, 0.2) is 237 Å². The molecule has 1 atom stereocenters. The van der Waals surface area contributed by atoms with Gasteiger partial charge >= 0.3 is 0 Å². The SMILES string of the molecule is c1ccc(-c2ccc(N(c3ccccc3)c3ccc4c(c3)C3(c5ccccc5-4)c4ccccc4-n4c5ccccc5c5c4c3cc3c4ccccc4n(-c4ccccc4)c35)cc2)cc1. The minimum Gasteiger partial charge on any atom is -0.310 e. The summed E-state index contributed by atoms with van der Waals surface area (Å²) in [6.45, 7) is 0. The maximum absolute atomic E-state index is 2.57. The van der Waals surface area contributed by atoms with Crippen LogP contribution in [0.2, 0.25) is 0 Å². The summed E-state index contributed by atoms with van der Waals surface area (Å²) in [6, 6.07) is 87.5. The minimum atomic E-state index is -0.634. The second-order valence-corrected chi connectivity index (χ2v) is 17.2. The summed E-state index contributed by atoms with van der Waals surface area (Å²) in [6.07, 6.45) is 0. The molecule has 298 valence electrons. The minimum absolute atomic E-state index is 0.634. The smallest absolute Gasteiger partial charge is 0.0755 e. The third kappa shape index (κ3) is 4.65. The monoisotopic (exact) mass is 813 g/mol. The van der Waals surface area contributed by atoms with Gasteiger partial charge in [-0.3, -0.25) is 0 Å². The fraction of sp³-hybridized carbons (Fsp3) is 0.0164. The van der Waals surface area contributed by atoms with E-state index in [1.165, 1.54) is 93.8 Å². The van der Waals surface area contributed by atoms with Gasteiger partial charge in [0.05, 0.1) is 33.2 Å². The van der Waals surface area contributed by atoms with E-state index >= 15 is 0 Å². The highest BCUT2D eigenvalue weighted by atomic mass is 15.1. The van der Waals surface area contributed by atoms with Crippen molar-refractivity contribution < 1.29 is 0 Å². The molecule has 0 saturated carbocycles. The molecule has 0 amide bonds. The number of hydrogen-bond acceptors (Lipinski definition) is 1. The van der Waals surface area contributed by atoms with Crippen LogP contribution in [0.1, 0.15) is 22.3 Å². The Morgan fingerprint density at radius 2 is 0.891 bits per heavy atom. The van der Waals surface area contributed by atoms with Gasteiger partial charge in [0.1, 0.15) is 0 Å². The molecular weight excluding hydrogens is 775 g/mol. The van der Waals surface area contributed by atoms with Crippen molar-refractivity contribution in [2.24, 2.45) is 0 Å². The van der Waals surface area contributed by atoms with Crippen molar-refractivity contribution in [3.8, 4) is 33.6 Å². The second kappa shape index (κ2) is 13.3. The maximum Gasteiger partial charge on any atom is 0.0755 e. The molecule has 1 aliphatic heterocycles. The number of fused-ring (bicyclic) bond motifs is 16. The van der Waals surface area contributed by atoms with E-state index in [2.05, 4.69) is 251 Å². The predicted octanol–water partition coefficient (Wildman–Crippen LogP) is 15.7. The molecule has 1 aliphatic carbocycles. The van der Waals surface area contributed by atoms with Crippen LogP contribution in [0.5, 0.6) is 0 Å². The van der Waals surface area contributed by atoms with Crippen LogP contribution >= 0.6 is 0 Å². The quantitative estimate of drug-likeness (QED) is 0.169. The van der Waals surface area contributed by atoms with Crippen molar-refractivity contribution in [2.45, 2.75) is 5.41 Å². The van der Waals surface area contributed by atoms with Crippen molar-refractivity contribution >= 4 is 60.7 Å². The van der Waals surface area contributed by atoms with Gasteiger partial charge in [-0.2, -0.15) is 0 Å². The number of benzene rings is 10.